The summed E-state index contributed by atoms with van der Waals surface area (Å²) in [7, 11) is 3.08. The van der Waals surface area contributed by atoms with Crippen LogP contribution >= 0.6 is 0 Å². The van der Waals surface area contributed by atoms with Gasteiger partial charge in [-0.15, -0.1) is 0 Å². The number of Topliss-reactive ketones (excluding diaryl/α,β-unsaturated/α-hetero) is 1. The van der Waals surface area contributed by atoms with Crippen LogP contribution in [0.2, 0.25) is 0 Å². The van der Waals surface area contributed by atoms with Gasteiger partial charge in [-0.25, -0.2) is 4.79 Å². The van der Waals surface area contributed by atoms with E-state index in [9.17, 15) is 14.4 Å². The van der Waals surface area contributed by atoms with Gasteiger partial charge in [-0.3, -0.25) is 23.3 Å². The van der Waals surface area contributed by atoms with Gasteiger partial charge in [-0.2, -0.15) is 4.98 Å². The van der Waals surface area contributed by atoms with E-state index in [1.165, 1.54) is 11.6 Å². The van der Waals surface area contributed by atoms with Crippen LogP contribution in [0.25, 0.3) is 11.2 Å². The zero-order valence-electron chi connectivity index (χ0n) is 18.4. The fraction of sp³-hybridized carbons (Fsp3) is 0.478. The third-order valence-corrected chi connectivity index (χ3v) is 6.22. The third-order valence-electron chi connectivity index (χ3n) is 6.22. The average molecular weight is 424 g/mol. The molecular formula is C23H29N5O3. The van der Waals surface area contributed by atoms with Gasteiger partial charge < -0.3 is 4.90 Å². The lowest BCUT2D eigenvalue weighted by Gasteiger charge is -2.26. The molecule has 1 aliphatic heterocycles. The zero-order chi connectivity index (χ0) is 22.1. The highest BCUT2D eigenvalue weighted by molar-refractivity contribution is 6.00. The molecule has 0 saturated carbocycles. The summed E-state index contributed by atoms with van der Waals surface area (Å²) in [5.74, 6) is 0.542. The van der Waals surface area contributed by atoms with E-state index in [2.05, 4.69) is 4.90 Å². The topological polar surface area (TPSA) is 82.1 Å². The molecule has 31 heavy (non-hydrogen) atoms. The molecule has 3 heterocycles. The van der Waals surface area contributed by atoms with Crippen molar-refractivity contribution in [2.45, 2.75) is 45.1 Å². The molecule has 0 bridgehead atoms. The first-order valence-corrected chi connectivity index (χ1v) is 11.0. The van der Waals surface area contributed by atoms with Crippen molar-refractivity contribution in [3.63, 3.8) is 0 Å². The summed E-state index contributed by atoms with van der Waals surface area (Å²) >= 11 is 0. The first kappa shape index (κ1) is 21.1. The van der Waals surface area contributed by atoms with Crippen LogP contribution in [0.3, 0.4) is 0 Å². The number of benzene rings is 1. The first-order chi connectivity index (χ1) is 15.0. The van der Waals surface area contributed by atoms with Crippen LogP contribution in [-0.4, -0.2) is 37.6 Å². The van der Waals surface area contributed by atoms with Gasteiger partial charge in [0.1, 0.15) is 6.04 Å². The second-order valence-corrected chi connectivity index (χ2v) is 8.22. The number of rotatable bonds is 5. The van der Waals surface area contributed by atoms with Gasteiger partial charge in [0.05, 0.1) is 0 Å². The zero-order valence-corrected chi connectivity index (χ0v) is 18.4. The molecule has 8 heteroatoms. The van der Waals surface area contributed by atoms with Crippen LogP contribution < -0.4 is 16.1 Å². The molecule has 0 unspecified atom stereocenters. The minimum Gasteiger partial charge on any atom is -0.342 e. The molecular weight excluding hydrogens is 394 g/mol. The number of carbonyl (C=O) groups is 1. The average Bonchev–Trinajstić information content (AvgIpc) is 2.98. The van der Waals surface area contributed by atoms with Crippen molar-refractivity contribution in [1.29, 1.82) is 0 Å². The predicted molar refractivity (Wildman–Crippen MR) is 121 cm³/mol. The number of imidazole rings is 1. The number of fused-ring (bicyclic) bond motifs is 1. The first-order valence-electron chi connectivity index (χ1n) is 11.0. The molecule has 0 N–H and O–H groups in total. The lowest BCUT2D eigenvalue weighted by atomic mass is 10.0. The number of nitrogens with zero attached hydrogens (tertiary/aromatic N) is 5. The number of aromatic nitrogens is 4. The Kier molecular flexibility index (Phi) is 5.80. The quantitative estimate of drug-likeness (QED) is 0.589. The lowest BCUT2D eigenvalue weighted by molar-refractivity contribution is 0.0925. The molecule has 0 amide bonds. The highest BCUT2D eigenvalue weighted by Gasteiger charge is 2.30. The number of ketones is 1. The maximum absolute atomic E-state index is 13.5. The van der Waals surface area contributed by atoms with E-state index in [1.807, 2.05) is 25.1 Å². The Morgan fingerprint density at radius 3 is 2.26 bits per heavy atom. The highest BCUT2D eigenvalue weighted by atomic mass is 16.2. The minimum atomic E-state index is -0.587. The molecule has 3 aromatic rings. The summed E-state index contributed by atoms with van der Waals surface area (Å²) in [4.78, 5) is 46.2. The third kappa shape index (κ3) is 3.60. The highest BCUT2D eigenvalue weighted by Crippen LogP contribution is 2.30. The van der Waals surface area contributed by atoms with Crippen molar-refractivity contribution in [3.8, 4) is 0 Å². The fourth-order valence-electron chi connectivity index (χ4n) is 4.47. The van der Waals surface area contributed by atoms with E-state index < -0.39 is 17.3 Å². The molecule has 1 fully saturated rings. The molecule has 0 spiro atoms. The summed E-state index contributed by atoms with van der Waals surface area (Å²) < 4.78 is 4.28. The summed E-state index contributed by atoms with van der Waals surface area (Å²) in [5, 5.41) is 0. The van der Waals surface area contributed by atoms with Crippen molar-refractivity contribution >= 4 is 22.9 Å². The Labute approximate surface area is 180 Å². The number of aryl methyl sites for hydroxylation is 1. The molecule has 1 aliphatic rings. The van der Waals surface area contributed by atoms with Crippen LogP contribution in [0.15, 0.2) is 39.9 Å². The number of hydrogen-bond acceptors (Lipinski definition) is 5. The van der Waals surface area contributed by atoms with Crippen LogP contribution in [-0.2, 0) is 14.1 Å². The van der Waals surface area contributed by atoms with Crippen LogP contribution in [0.5, 0.6) is 0 Å². The molecule has 4 rings (SSSR count). The lowest BCUT2D eigenvalue weighted by Crippen LogP contribution is -2.38. The Morgan fingerprint density at radius 2 is 1.65 bits per heavy atom. The standard InChI is InChI=1S/C23H29N5O3/c1-4-17(19(29)16-12-8-7-9-13-16)28-18-20(25(2)23(31)26(3)21(18)30)24-22(28)27-14-10-5-6-11-15-27/h7-9,12-13,17H,4-6,10-11,14-15H2,1-3H3/t17-/m0/s1. The normalized spacial score (nSPS) is 15.8. The van der Waals surface area contributed by atoms with Crippen molar-refractivity contribution in [2.75, 3.05) is 18.0 Å². The molecule has 1 atom stereocenters. The monoisotopic (exact) mass is 423 g/mol. The molecule has 1 saturated heterocycles. The van der Waals surface area contributed by atoms with Crippen molar-refractivity contribution in [3.05, 3.63) is 56.7 Å². The van der Waals surface area contributed by atoms with Gasteiger partial charge in [-0.1, -0.05) is 50.1 Å². The molecule has 0 aliphatic carbocycles. The Balaban J connectivity index is 2.00. The minimum absolute atomic E-state index is 0.0608. The Morgan fingerprint density at radius 1 is 1.00 bits per heavy atom. The Bertz CT molecular complexity index is 1210. The fourth-order valence-corrected chi connectivity index (χ4v) is 4.47. The number of hydrogen-bond donors (Lipinski definition) is 0. The second-order valence-electron chi connectivity index (χ2n) is 8.22. The van der Waals surface area contributed by atoms with Gasteiger partial charge in [-0.05, 0) is 19.3 Å². The second kappa shape index (κ2) is 8.53. The molecule has 164 valence electrons. The summed E-state index contributed by atoms with van der Waals surface area (Å²) in [5.41, 5.74) is 0.379. The molecule has 8 nitrogen and oxygen atoms in total. The van der Waals surface area contributed by atoms with E-state index in [-0.39, 0.29) is 5.78 Å². The SMILES string of the molecule is CC[C@@H](C(=O)c1ccccc1)n1c(N2CCCCCC2)nc2c1c(=O)n(C)c(=O)n2C. The largest absolute Gasteiger partial charge is 0.342 e. The van der Waals surface area contributed by atoms with Gasteiger partial charge in [0.15, 0.2) is 16.9 Å². The van der Waals surface area contributed by atoms with E-state index in [1.54, 1.807) is 23.7 Å². The van der Waals surface area contributed by atoms with Crippen molar-refractivity contribution < 1.29 is 4.79 Å². The van der Waals surface area contributed by atoms with E-state index in [4.69, 9.17) is 4.98 Å². The van der Waals surface area contributed by atoms with Crippen molar-refractivity contribution in [1.82, 2.24) is 18.7 Å². The van der Waals surface area contributed by atoms with E-state index in [0.29, 0.717) is 29.1 Å². The molecule has 1 aromatic carbocycles. The maximum Gasteiger partial charge on any atom is 0.332 e. The van der Waals surface area contributed by atoms with Crippen LogP contribution in [0.1, 0.15) is 55.4 Å². The summed E-state index contributed by atoms with van der Waals surface area (Å²) in [6, 6.07) is 8.55. The smallest absolute Gasteiger partial charge is 0.332 e. The van der Waals surface area contributed by atoms with Gasteiger partial charge in [0.25, 0.3) is 5.56 Å². The summed E-state index contributed by atoms with van der Waals surface area (Å²) in [6.45, 7) is 3.57. The maximum atomic E-state index is 13.5. The number of carbonyl (C=O) groups excluding carboxylic acids is 1. The van der Waals surface area contributed by atoms with Gasteiger partial charge in [0.2, 0.25) is 5.95 Å². The van der Waals surface area contributed by atoms with E-state index in [0.717, 1.165) is 43.3 Å². The number of anilines is 1. The predicted octanol–water partition coefficient (Wildman–Crippen LogP) is 2.65. The van der Waals surface area contributed by atoms with Gasteiger partial charge >= 0.3 is 5.69 Å². The van der Waals surface area contributed by atoms with Crippen LogP contribution in [0, 0.1) is 0 Å². The van der Waals surface area contributed by atoms with Crippen molar-refractivity contribution in [2.24, 2.45) is 14.1 Å². The molecule has 0 radical (unpaired) electrons. The van der Waals surface area contributed by atoms with E-state index >= 15 is 0 Å². The summed E-state index contributed by atoms with van der Waals surface area (Å²) in [6.07, 6.45) is 4.87. The molecule has 2 aromatic heterocycles. The Hall–Kier alpha value is -3.16. The van der Waals surface area contributed by atoms with Gasteiger partial charge in [0, 0.05) is 32.7 Å². The van der Waals surface area contributed by atoms with Crippen LogP contribution in [0.4, 0.5) is 5.95 Å².